The van der Waals surface area contributed by atoms with Crippen molar-refractivity contribution in [1.29, 1.82) is 0 Å². The maximum atomic E-state index is 12.9. The second-order valence-corrected chi connectivity index (χ2v) is 6.99. The van der Waals surface area contributed by atoms with Crippen LogP contribution in [0.15, 0.2) is 73.3 Å². The lowest BCUT2D eigenvalue weighted by Gasteiger charge is -2.26. The molecule has 0 aliphatic carbocycles. The van der Waals surface area contributed by atoms with Crippen LogP contribution in [0.25, 0.3) is 11.1 Å². The van der Waals surface area contributed by atoms with Gasteiger partial charge in [-0.05, 0) is 23.8 Å². The molecule has 0 N–H and O–H groups in total. The second-order valence-electron chi connectivity index (χ2n) is 6.99. The summed E-state index contributed by atoms with van der Waals surface area (Å²) in [4.78, 5) is 17.1. The first-order valence-corrected chi connectivity index (χ1v) is 8.29. The normalized spacial score (nSPS) is 12.6. The van der Waals surface area contributed by atoms with E-state index in [0.717, 1.165) is 11.1 Å². The van der Waals surface area contributed by atoms with Gasteiger partial charge in [0.15, 0.2) is 5.78 Å². The summed E-state index contributed by atoms with van der Waals surface area (Å²) in [6.07, 6.45) is 6.38. The van der Waals surface area contributed by atoms with E-state index in [0.29, 0.717) is 5.75 Å². The van der Waals surface area contributed by atoms with Crippen molar-refractivity contribution in [2.45, 2.75) is 27.0 Å². The van der Waals surface area contributed by atoms with Gasteiger partial charge in [0.25, 0.3) is 0 Å². The first-order chi connectivity index (χ1) is 11.9. The molecule has 0 radical (unpaired) electrons. The van der Waals surface area contributed by atoms with Crippen LogP contribution in [0, 0.1) is 5.41 Å². The third kappa shape index (κ3) is 3.97. The lowest BCUT2D eigenvalue weighted by molar-refractivity contribution is -0.137. The topological polar surface area (TPSA) is 44.1 Å². The number of carbonyl (C=O) groups excluding carboxylic acids is 1. The molecule has 128 valence electrons. The van der Waals surface area contributed by atoms with Crippen LogP contribution in [0.1, 0.15) is 27.0 Å². The number of nitrogens with zero attached hydrogens (tertiary/aromatic N) is 2. The van der Waals surface area contributed by atoms with Gasteiger partial charge in [-0.2, -0.15) is 0 Å². The molecule has 0 bridgehead atoms. The molecule has 4 heteroatoms. The quantitative estimate of drug-likeness (QED) is 0.677. The smallest absolute Gasteiger partial charge is 0.235 e. The zero-order valence-corrected chi connectivity index (χ0v) is 14.7. The summed E-state index contributed by atoms with van der Waals surface area (Å²) >= 11 is 0. The summed E-state index contributed by atoms with van der Waals surface area (Å²) in [5.41, 5.74) is 1.49. The van der Waals surface area contributed by atoms with Crippen molar-refractivity contribution in [2.24, 2.45) is 5.41 Å². The maximum absolute atomic E-state index is 12.9. The Bertz CT molecular complexity index is 834. The van der Waals surface area contributed by atoms with E-state index in [2.05, 4.69) is 4.98 Å². The number of rotatable bonds is 5. The average molecular weight is 334 g/mol. The van der Waals surface area contributed by atoms with E-state index < -0.39 is 11.6 Å². The standard InChI is InChI=1S/C21H22N2O2/c1-21(2,3)19(24)20(23-11-7-8-12-23)25-18-13-17(14-22-15-18)16-9-5-4-6-10-16/h4-15,20H,1-3H3. The van der Waals surface area contributed by atoms with E-state index in [9.17, 15) is 4.79 Å². The third-order valence-electron chi connectivity index (χ3n) is 3.93. The molecule has 0 fully saturated rings. The highest BCUT2D eigenvalue weighted by Gasteiger charge is 2.32. The van der Waals surface area contributed by atoms with Crippen LogP contribution in [-0.4, -0.2) is 15.3 Å². The van der Waals surface area contributed by atoms with E-state index in [1.165, 1.54) is 0 Å². The predicted molar refractivity (Wildman–Crippen MR) is 98.2 cm³/mol. The predicted octanol–water partition coefficient (Wildman–Crippen LogP) is 4.74. The minimum absolute atomic E-state index is 0.00816. The van der Waals surface area contributed by atoms with E-state index >= 15 is 0 Å². The van der Waals surface area contributed by atoms with Crippen LogP contribution >= 0.6 is 0 Å². The van der Waals surface area contributed by atoms with Crippen molar-refractivity contribution in [3.8, 4) is 16.9 Å². The fraction of sp³-hybridized carbons (Fsp3) is 0.238. The largest absolute Gasteiger partial charge is 0.461 e. The third-order valence-corrected chi connectivity index (χ3v) is 3.93. The Morgan fingerprint density at radius 1 is 1.00 bits per heavy atom. The highest BCUT2D eigenvalue weighted by atomic mass is 16.5. The van der Waals surface area contributed by atoms with E-state index in [1.807, 2.05) is 81.7 Å². The summed E-state index contributed by atoms with van der Waals surface area (Å²) in [7, 11) is 0. The van der Waals surface area contributed by atoms with Gasteiger partial charge in [-0.1, -0.05) is 51.1 Å². The first-order valence-electron chi connectivity index (χ1n) is 8.29. The van der Waals surface area contributed by atoms with Crippen molar-refractivity contribution in [1.82, 2.24) is 9.55 Å². The highest BCUT2D eigenvalue weighted by molar-refractivity contribution is 5.86. The Morgan fingerprint density at radius 2 is 1.68 bits per heavy atom. The summed E-state index contributed by atoms with van der Waals surface area (Å²) in [5, 5.41) is 0. The van der Waals surface area contributed by atoms with Crippen LogP contribution in [0.2, 0.25) is 0 Å². The monoisotopic (exact) mass is 334 g/mol. The van der Waals surface area contributed by atoms with Crippen LogP contribution < -0.4 is 4.74 Å². The Kier molecular flexibility index (Phi) is 4.70. The van der Waals surface area contributed by atoms with Crippen LogP contribution in [0.4, 0.5) is 0 Å². The number of carbonyl (C=O) groups is 1. The summed E-state index contributed by atoms with van der Waals surface area (Å²) in [6.45, 7) is 5.69. The Balaban J connectivity index is 1.91. The van der Waals surface area contributed by atoms with Gasteiger partial charge in [-0.3, -0.25) is 9.78 Å². The summed E-state index contributed by atoms with van der Waals surface area (Å²) < 4.78 is 7.84. The molecule has 3 aromatic rings. The van der Waals surface area contributed by atoms with E-state index in [1.54, 1.807) is 17.0 Å². The molecule has 1 atom stereocenters. The van der Waals surface area contributed by atoms with E-state index in [-0.39, 0.29) is 5.78 Å². The first kappa shape index (κ1) is 17.0. The molecule has 1 unspecified atom stereocenters. The number of aromatic nitrogens is 2. The molecule has 3 rings (SSSR count). The van der Waals surface area contributed by atoms with Crippen LogP contribution in [-0.2, 0) is 4.79 Å². The van der Waals surface area contributed by atoms with Crippen molar-refractivity contribution >= 4 is 5.78 Å². The summed E-state index contributed by atoms with van der Waals surface area (Å²) in [5.74, 6) is 0.575. The lowest BCUT2D eigenvalue weighted by Crippen LogP contribution is -2.33. The molecule has 25 heavy (non-hydrogen) atoms. The molecule has 0 aliphatic rings. The number of hydrogen-bond donors (Lipinski definition) is 0. The van der Waals surface area contributed by atoms with Gasteiger partial charge >= 0.3 is 0 Å². The SMILES string of the molecule is CC(C)(C)C(=O)C(Oc1cncc(-c2ccccc2)c1)n1cccc1. The Hall–Kier alpha value is -2.88. The summed E-state index contributed by atoms with van der Waals surface area (Å²) in [6, 6.07) is 15.6. The molecule has 4 nitrogen and oxygen atoms in total. The van der Waals surface area contributed by atoms with Crippen molar-refractivity contribution in [3.63, 3.8) is 0 Å². The molecule has 2 heterocycles. The number of pyridine rings is 1. The molecule has 1 aromatic carbocycles. The number of hydrogen-bond acceptors (Lipinski definition) is 3. The molecule has 0 aliphatic heterocycles. The van der Waals surface area contributed by atoms with Crippen molar-refractivity contribution < 1.29 is 9.53 Å². The van der Waals surface area contributed by atoms with Gasteiger partial charge in [0, 0.05) is 29.6 Å². The van der Waals surface area contributed by atoms with Crippen molar-refractivity contribution in [3.05, 3.63) is 73.3 Å². The van der Waals surface area contributed by atoms with Gasteiger partial charge < -0.3 is 9.30 Å². The van der Waals surface area contributed by atoms with Crippen LogP contribution in [0.3, 0.4) is 0 Å². The number of Topliss-reactive ketones (excluding diaryl/α,β-unsaturated/α-hetero) is 1. The molecular weight excluding hydrogens is 312 g/mol. The number of benzene rings is 1. The highest BCUT2D eigenvalue weighted by Crippen LogP contribution is 2.28. The Morgan fingerprint density at radius 3 is 2.32 bits per heavy atom. The van der Waals surface area contributed by atoms with Gasteiger partial charge in [-0.15, -0.1) is 0 Å². The molecule has 0 amide bonds. The number of ether oxygens (including phenoxy) is 1. The molecular formula is C21H22N2O2. The Labute approximate surface area is 148 Å². The average Bonchev–Trinajstić information content (AvgIpc) is 3.14. The van der Waals surface area contributed by atoms with E-state index in [4.69, 9.17) is 4.74 Å². The molecule has 0 spiro atoms. The minimum atomic E-state index is -0.720. The molecule has 0 saturated heterocycles. The second kappa shape index (κ2) is 6.93. The number of ketones is 1. The van der Waals surface area contributed by atoms with Gasteiger partial charge in [-0.25, -0.2) is 0 Å². The fourth-order valence-electron chi connectivity index (χ4n) is 2.53. The fourth-order valence-corrected chi connectivity index (χ4v) is 2.53. The zero-order chi connectivity index (χ0) is 17.9. The zero-order valence-electron chi connectivity index (χ0n) is 14.7. The van der Waals surface area contributed by atoms with Gasteiger partial charge in [0.2, 0.25) is 6.23 Å². The van der Waals surface area contributed by atoms with Gasteiger partial charge in [0.05, 0.1) is 6.20 Å². The molecule has 0 saturated carbocycles. The molecule has 2 aromatic heterocycles. The lowest BCUT2D eigenvalue weighted by atomic mass is 9.89. The van der Waals surface area contributed by atoms with Crippen LogP contribution in [0.5, 0.6) is 5.75 Å². The van der Waals surface area contributed by atoms with Crippen molar-refractivity contribution in [2.75, 3.05) is 0 Å². The van der Waals surface area contributed by atoms with Gasteiger partial charge in [0.1, 0.15) is 5.75 Å². The minimum Gasteiger partial charge on any atom is -0.461 e. The maximum Gasteiger partial charge on any atom is 0.235 e.